The Morgan fingerprint density at radius 1 is 1.26 bits per heavy atom. The van der Waals surface area contributed by atoms with Crippen molar-refractivity contribution in [3.63, 3.8) is 0 Å². The van der Waals surface area contributed by atoms with E-state index in [-0.39, 0.29) is 16.9 Å². The third kappa shape index (κ3) is 4.22. The number of nitrogens with zero attached hydrogens (tertiary/aromatic N) is 4. The van der Waals surface area contributed by atoms with Gasteiger partial charge in [0, 0.05) is 29.0 Å². The van der Waals surface area contributed by atoms with Gasteiger partial charge in [-0.1, -0.05) is 25.1 Å². The van der Waals surface area contributed by atoms with E-state index in [0.717, 1.165) is 12.1 Å². The number of aromatic nitrogens is 2. The highest BCUT2D eigenvalue weighted by atomic mass is 32.1. The maximum Gasteiger partial charge on any atom is 0.284 e. The Kier molecular flexibility index (Phi) is 5.60. The van der Waals surface area contributed by atoms with E-state index in [1.807, 2.05) is 0 Å². The Bertz CT molecular complexity index is 1250. The van der Waals surface area contributed by atoms with E-state index in [9.17, 15) is 13.9 Å². The van der Waals surface area contributed by atoms with E-state index < -0.39 is 23.2 Å². The van der Waals surface area contributed by atoms with Crippen molar-refractivity contribution >= 4 is 24.4 Å². The van der Waals surface area contributed by atoms with Gasteiger partial charge in [-0.3, -0.25) is 0 Å². The van der Waals surface area contributed by atoms with Gasteiger partial charge in [-0.25, -0.2) is 23.9 Å². The lowest BCUT2D eigenvalue weighted by Crippen LogP contribution is -2.43. The molecule has 0 spiro atoms. The van der Waals surface area contributed by atoms with Crippen LogP contribution in [-0.4, -0.2) is 39.1 Å². The lowest BCUT2D eigenvalue weighted by atomic mass is 9.77. The van der Waals surface area contributed by atoms with Crippen molar-refractivity contribution in [2.45, 2.75) is 18.4 Å². The Balaban J connectivity index is 1.72. The molecule has 0 radical (unpaired) electrons. The van der Waals surface area contributed by atoms with Crippen molar-refractivity contribution in [3.05, 3.63) is 76.3 Å². The molecule has 2 heterocycles. The Morgan fingerprint density at radius 3 is 2.65 bits per heavy atom. The zero-order chi connectivity index (χ0) is 22.0. The number of aliphatic imine (C=N–C) groups is 1. The van der Waals surface area contributed by atoms with Crippen LogP contribution in [0.5, 0.6) is 0 Å². The monoisotopic (exact) mass is 441 g/mol. The standard InChI is InChI=1S/C21H17F2N5O2S/c1-13(14-2-4-15(5-3-14)19-26-27-20(31)30-19)21(29,11-28-12-24-8-9-25-28)17-7-6-16(22)10-18(17)23/h2-8,10,12-13,29H,11H2,1H3,(H,27,31). The van der Waals surface area contributed by atoms with Gasteiger partial charge >= 0.3 is 0 Å². The fourth-order valence-corrected chi connectivity index (χ4v) is 3.56. The Hall–Kier alpha value is -3.46. The van der Waals surface area contributed by atoms with Crippen LogP contribution in [0.15, 0.2) is 63.2 Å². The van der Waals surface area contributed by atoms with E-state index in [1.165, 1.54) is 23.6 Å². The Morgan fingerprint density at radius 2 is 2.03 bits per heavy atom. The summed E-state index contributed by atoms with van der Waals surface area (Å²) in [5.41, 5.74) is -0.435. The first-order valence-electron chi connectivity index (χ1n) is 9.28. The predicted octanol–water partition coefficient (Wildman–Crippen LogP) is 4.11. The normalized spacial score (nSPS) is 15.8. The maximum atomic E-state index is 14.7. The molecule has 7 nitrogen and oxygen atoms in total. The largest absolute Gasteiger partial charge is 0.409 e. The molecule has 2 unspecified atom stereocenters. The summed E-state index contributed by atoms with van der Waals surface area (Å²) in [6.45, 7) is 1.62. The van der Waals surface area contributed by atoms with Gasteiger partial charge in [0.2, 0.25) is 5.89 Å². The van der Waals surface area contributed by atoms with Crippen LogP contribution >= 0.6 is 12.2 Å². The number of aliphatic hydroxyl groups is 1. The van der Waals surface area contributed by atoms with Crippen LogP contribution in [0.25, 0.3) is 11.5 Å². The SMILES string of the molecule is CC(c1ccc(-c2n[nH]c(=S)o2)cc1)C(O)(CN1C=NC=C=N1)c1ccc(F)cc1F. The minimum atomic E-state index is -1.77. The third-order valence-electron chi connectivity index (χ3n) is 5.13. The zero-order valence-corrected chi connectivity index (χ0v) is 17.1. The molecule has 0 saturated carbocycles. The van der Waals surface area contributed by atoms with Crippen molar-refractivity contribution in [1.29, 1.82) is 0 Å². The minimum Gasteiger partial charge on any atom is -0.409 e. The first kappa shape index (κ1) is 20.8. The summed E-state index contributed by atoms with van der Waals surface area (Å²) in [5, 5.41) is 23.6. The van der Waals surface area contributed by atoms with Crippen molar-refractivity contribution < 1.29 is 18.3 Å². The molecule has 0 amide bonds. The van der Waals surface area contributed by atoms with Crippen LogP contribution in [0, 0.1) is 16.5 Å². The molecule has 0 aliphatic carbocycles. The quantitative estimate of drug-likeness (QED) is 0.562. The molecule has 0 fully saturated rings. The van der Waals surface area contributed by atoms with Gasteiger partial charge in [0.05, 0.1) is 12.7 Å². The van der Waals surface area contributed by atoms with E-state index in [0.29, 0.717) is 17.0 Å². The smallest absolute Gasteiger partial charge is 0.284 e. The minimum absolute atomic E-state index is 0.0540. The van der Waals surface area contributed by atoms with Gasteiger partial charge in [0.25, 0.3) is 4.84 Å². The molecule has 10 heteroatoms. The van der Waals surface area contributed by atoms with Crippen molar-refractivity contribution in [2.75, 3.05) is 6.54 Å². The summed E-state index contributed by atoms with van der Waals surface area (Å²) in [5.74, 6) is 0.707. The first-order chi connectivity index (χ1) is 14.9. The van der Waals surface area contributed by atoms with Crippen molar-refractivity contribution in [2.24, 2.45) is 10.1 Å². The molecule has 1 aliphatic rings. The average molecular weight is 441 g/mol. The third-order valence-corrected chi connectivity index (χ3v) is 5.31. The summed E-state index contributed by atoms with van der Waals surface area (Å²) in [6.07, 6.45) is 2.76. The second-order valence-corrected chi connectivity index (χ2v) is 7.40. The molecule has 1 aliphatic heterocycles. The molecule has 3 aromatic rings. The molecular formula is C21H17F2N5O2S. The molecule has 0 bridgehead atoms. The van der Waals surface area contributed by atoms with Crippen molar-refractivity contribution in [1.82, 2.24) is 15.2 Å². The number of nitrogens with one attached hydrogen (secondary N) is 1. The number of hydrogen-bond donors (Lipinski definition) is 2. The molecule has 0 saturated heterocycles. The molecule has 2 aromatic carbocycles. The van der Waals surface area contributed by atoms with Gasteiger partial charge in [0.15, 0.2) is 0 Å². The van der Waals surface area contributed by atoms with Crippen LogP contribution in [-0.2, 0) is 5.60 Å². The molecule has 2 atom stereocenters. The number of β-amino-alcohol motifs (C(OH)–C–C–N with tert-alkyl or cyclic N) is 1. The molecule has 31 heavy (non-hydrogen) atoms. The number of hydrazone groups is 1. The fourth-order valence-electron chi connectivity index (χ4n) is 3.43. The maximum absolute atomic E-state index is 14.7. The van der Waals surface area contributed by atoms with E-state index in [1.54, 1.807) is 31.2 Å². The lowest BCUT2D eigenvalue weighted by Gasteiger charge is -2.37. The van der Waals surface area contributed by atoms with E-state index >= 15 is 0 Å². The summed E-state index contributed by atoms with van der Waals surface area (Å²) < 4.78 is 33.5. The highest BCUT2D eigenvalue weighted by molar-refractivity contribution is 7.71. The van der Waals surface area contributed by atoms with Crippen LogP contribution in [0.4, 0.5) is 8.78 Å². The number of rotatable bonds is 6. The van der Waals surface area contributed by atoms with Gasteiger partial charge < -0.3 is 9.52 Å². The van der Waals surface area contributed by atoms with Crippen LogP contribution in [0.2, 0.25) is 0 Å². The predicted molar refractivity (Wildman–Crippen MR) is 113 cm³/mol. The number of H-pyrrole nitrogens is 1. The second-order valence-electron chi connectivity index (χ2n) is 7.03. The zero-order valence-electron chi connectivity index (χ0n) is 16.3. The number of hydrogen-bond acceptors (Lipinski definition) is 7. The molecule has 4 rings (SSSR count). The van der Waals surface area contributed by atoms with E-state index in [2.05, 4.69) is 26.2 Å². The molecule has 2 N–H and O–H groups in total. The van der Waals surface area contributed by atoms with Crippen molar-refractivity contribution in [3.8, 4) is 11.5 Å². The molecular weight excluding hydrogens is 424 g/mol. The van der Waals surface area contributed by atoms with Crippen LogP contribution < -0.4 is 0 Å². The summed E-state index contributed by atoms with van der Waals surface area (Å²) in [4.78, 5) is 4.09. The first-order valence-corrected chi connectivity index (χ1v) is 9.69. The summed E-state index contributed by atoms with van der Waals surface area (Å²) >= 11 is 4.89. The van der Waals surface area contributed by atoms with Gasteiger partial charge in [-0.05, 0) is 36.0 Å². The molecule has 158 valence electrons. The summed E-state index contributed by atoms with van der Waals surface area (Å²) in [6, 6.07) is 10.1. The Labute approximate surface area is 181 Å². The summed E-state index contributed by atoms with van der Waals surface area (Å²) in [7, 11) is 0. The number of aromatic amines is 1. The lowest BCUT2D eigenvalue weighted by molar-refractivity contribution is -0.00832. The number of benzene rings is 2. The van der Waals surface area contributed by atoms with E-state index in [4.69, 9.17) is 16.6 Å². The molecule has 1 aromatic heterocycles. The van der Waals surface area contributed by atoms with Crippen LogP contribution in [0.3, 0.4) is 0 Å². The fraction of sp³-hybridized carbons (Fsp3) is 0.190. The van der Waals surface area contributed by atoms with Gasteiger partial charge in [-0.2, -0.15) is 0 Å². The second kappa shape index (κ2) is 8.35. The highest BCUT2D eigenvalue weighted by Gasteiger charge is 2.40. The van der Waals surface area contributed by atoms with Gasteiger partial charge in [0.1, 0.15) is 23.6 Å². The average Bonchev–Trinajstić information content (AvgIpc) is 3.20. The van der Waals surface area contributed by atoms with Gasteiger partial charge in [-0.15, -0.1) is 10.2 Å². The highest BCUT2D eigenvalue weighted by Crippen LogP contribution is 2.39. The topological polar surface area (TPSA) is 90.0 Å². The van der Waals surface area contributed by atoms with Crippen LogP contribution in [0.1, 0.15) is 24.0 Å². The number of halogens is 2.